The van der Waals surface area contributed by atoms with Gasteiger partial charge in [0.25, 0.3) is 0 Å². The number of nitrogens with zero attached hydrogens (tertiary/aromatic N) is 3. The molecule has 1 rings (SSSR count). The fourth-order valence-electron chi connectivity index (χ4n) is 1.54. The van der Waals surface area contributed by atoms with Crippen LogP contribution in [0.1, 0.15) is 6.92 Å². The Morgan fingerprint density at radius 2 is 2.43 bits per heavy atom. The van der Waals surface area contributed by atoms with Gasteiger partial charge in [0.15, 0.2) is 0 Å². The molecule has 0 amide bonds. The van der Waals surface area contributed by atoms with Gasteiger partial charge in [0.2, 0.25) is 0 Å². The molecule has 4 atom stereocenters. The first-order chi connectivity index (χ1) is 6.70. The maximum atomic E-state index is 9.77. The molecule has 1 fully saturated rings. The van der Waals surface area contributed by atoms with Crippen LogP contribution in [0.15, 0.2) is 5.11 Å². The van der Waals surface area contributed by atoms with Crippen molar-refractivity contribution in [2.45, 2.75) is 25.2 Å². The summed E-state index contributed by atoms with van der Waals surface area (Å²) < 4.78 is 10.3. The first kappa shape index (κ1) is 11.3. The van der Waals surface area contributed by atoms with E-state index in [1.165, 1.54) is 0 Å². The van der Waals surface area contributed by atoms with E-state index in [0.29, 0.717) is 13.2 Å². The second-order valence-corrected chi connectivity index (χ2v) is 3.49. The second kappa shape index (κ2) is 5.17. The van der Waals surface area contributed by atoms with E-state index in [0.717, 1.165) is 0 Å². The lowest BCUT2D eigenvalue weighted by atomic mass is 9.92. The van der Waals surface area contributed by atoms with E-state index < -0.39 is 12.1 Å². The van der Waals surface area contributed by atoms with Crippen LogP contribution in [0.3, 0.4) is 0 Å². The number of hydrogen-bond acceptors (Lipinski definition) is 4. The number of methoxy groups -OCH3 is 1. The van der Waals surface area contributed by atoms with Crippen LogP contribution in [0.2, 0.25) is 0 Å². The van der Waals surface area contributed by atoms with Crippen molar-refractivity contribution in [1.29, 1.82) is 0 Å². The summed E-state index contributed by atoms with van der Waals surface area (Å²) in [6.45, 7) is 2.65. The maximum Gasteiger partial charge on any atom is 0.0921 e. The van der Waals surface area contributed by atoms with Gasteiger partial charge >= 0.3 is 0 Å². The zero-order chi connectivity index (χ0) is 10.6. The zero-order valence-electron chi connectivity index (χ0n) is 8.33. The van der Waals surface area contributed by atoms with E-state index in [-0.39, 0.29) is 12.0 Å². The van der Waals surface area contributed by atoms with Gasteiger partial charge in [-0.3, -0.25) is 0 Å². The molecular weight excluding hydrogens is 186 g/mol. The van der Waals surface area contributed by atoms with Gasteiger partial charge in [0.05, 0.1) is 31.5 Å². The fraction of sp³-hybridized carbons (Fsp3) is 1.00. The number of aliphatic hydroxyl groups is 1. The van der Waals surface area contributed by atoms with E-state index in [1.54, 1.807) is 7.11 Å². The van der Waals surface area contributed by atoms with Crippen LogP contribution in [0.5, 0.6) is 0 Å². The molecule has 0 aliphatic carbocycles. The highest BCUT2D eigenvalue weighted by Crippen LogP contribution is 2.22. The Hall–Kier alpha value is -0.810. The summed E-state index contributed by atoms with van der Waals surface area (Å²) in [4.78, 5) is 2.71. The third-order valence-electron chi connectivity index (χ3n) is 2.40. The average Bonchev–Trinajstić information content (AvgIpc) is 2.18. The number of hydrogen-bond donors (Lipinski definition) is 1. The topological polar surface area (TPSA) is 87.5 Å². The van der Waals surface area contributed by atoms with Crippen LogP contribution >= 0.6 is 0 Å². The van der Waals surface area contributed by atoms with E-state index >= 15 is 0 Å². The van der Waals surface area contributed by atoms with Gasteiger partial charge in [-0.05, 0) is 5.53 Å². The minimum atomic E-state index is -0.653. The number of azide groups is 1. The number of ether oxygens (including phenoxy) is 2. The van der Waals surface area contributed by atoms with Crippen molar-refractivity contribution in [3.8, 4) is 0 Å². The fourth-order valence-corrected chi connectivity index (χ4v) is 1.54. The van der Waals surface area contributed by atoms with E-state index in [9.17, 15) is 5.11 Å². The molecule has 6 heteroatoms. The van der Waals surface area contributed by atoms with Crippen LogP contribution in [-0.4, -0.2) is 43.7 Å². The largest absolute Gasteiger partial charge is 0.392 e. The summed E-state index contributed by atoms with van der Waals surface area (Å²) >= 11 is 0. The Morgan fingerprint density at radius 1 is 1.71 bits per heavy atom. The molecule has 0 saturated carbocycles. The normalized spacial score (nSPS) is 37.6. The smallest absolute Gasteiger partial charge is 0.0921 e. The molecule has 0 aromatic carbocycles. The van der Waals surface area contributed by atoms with Crippen molar-refractivity contribution < 1.29 is 14.6 Å². The lowest BCUT2D eigenvalue weighted by Gasteiger charge is -2.36. The Bertz CT molecular complexity index is 230. The lowest BCUT2D eigenvalue weighted by molar-refractivity contribution is -0.112. The molecule has 0 spiro atoms. The first-order valence-corrected chi connectivity index (χ1v) is 4.53. The molecule has 1 saturated heterocycles. The molecule has 2 unspecified atom stereocenters. The molecule has 80 valence electrons. The molecule has 14 heavy (non-hydrogen) atoms. The standard InChI is InChI=1S/C8H15N3O3/c1-5-3-14-6(4-13-2)7(8(5)12)10-11-9/h5-8,12H,3-4H2,1-2H3/t5?,6?,7-,8+/m0/s1. The van der Waals surface area contributed by atoms with Gasteiger partial charge in [0.1, 0.15) is 0 Å². The predicted octanol–water partition coefficient (Wildman–Crippen LogP) is 0.708. The van der Waals surface area contributed by atoms with Gasteiger partial charge in [-0.2, -0.15) is 0 Å². The zero-order valence-corrected chi connectivity index (χ0v) is 8.33. The average molecular weight is 201 g/mol. The maximum absolute atomic E-state index is 9.77. The van der Waals surface area contributed by atoms with Crippen molar-refractivity contribution >= 4 is 0 Å². The summed E-state index contributed by atoms with van der Waals surface area (Å²) in [5, 5.41) is 13.3. The van der Waals surface area contributed by atoms with Gasteiger partial charge in [-0.25, -0.2) is 0 Å². The predicted molar refractivity (Wildman–Crippen MR) is 49.7 cm³/mol. The monoisotopic (exact) mass is 201 g/mol. The van der Waals surface area contributed by atoms with E-state index in [1.807, 2.05) is 6.92 Å². The number of rotatable bonds is 3. The molecule has 1 aliphatic heterocycles. The minimum absolute atomic E-state index is 0.0152. The Balaban J connectivity index is 2.70. The summed E-state index contributed by atoms with van der Waals surface area (Å²) in [6, 6.07) is -0.552. The molecule has 1 N–H and O–H groups in total. The van der Waals surface area contributed by atoms with Crippen molar-refractivity contribution in [3.05, 3.63) is 10.4 Å². The first-order valence-electron chi connectivity index (χ1n) is 4.53. The van der Waals surface area contributed by atoms with Crippen molar-refractivity contribution in [2.24, 2.45) is 11.0 Å². The quantitative estimate of drug-likeness (QED) is 0.414. The van der Waals surface area contributed by atoms with Gasteiger partial charge in [-0.15, -0.1) is 0 Å². The molecule has 1 heterocycles. The molecule has 0 bridgehead atoms. The Kier molecular flexibility index (Phi) is 4.16. The summed E-state index contributed by atoms with van der Waals surface area (Å²) in [5.41, 5.74) is 8.36. The highest BCUT2D eigenvalue weighted by Gasteiger charge is 2.36. The van der Waals surface area contributed by atoms with Crippen LogP contribution in [0.25, 0.3) is 10.4 Å². The molecule has 0 aromatic heterocycles. The van der Waals surface area contributed by atoms with Crippen LogP contribution in [-0.2, 0) is 9.47 Å². The number of aliphatic hydroxyl groups excluding tert-OH is 1. The minimum Gasteiger partial charge on any atom is -0.392 e. The Morgan fingerprint density at radius 3 is 3.00 bits per heavy atom. The highest BCUT2D eigenvalue weighted by atomic mass is 16.5. The Labute approximate surface area is 82.4 Å². The van der Waals surface area contributed by atoms with E-state index in [4.69, 9.17) is 15.0 Å². The van der Waals surface area contributed by atoms with Gasteiger partial charge in [-0.1, -0.05) is 12.0 Å². The second-order valence-electron chi connectivity index (χ2n) is 3.49. The summed E-state index contributed by atoms with van der Waals surface area (Å²) in [7, 11) is 1.54. The van der Waals surface area contributed by atoms with Crippen molar-refractivity contribution in [3.63, 3.8) is 0 Å². The molecule has 6 nitrogen and oxygen atoms in total. The molecule has 1 aliphatic rings. The molecule has 0 aromatic rings. The van der Waals surface area contributed by atoms with Gasteiger partial charge < -0.3 is 14.6 Å². The SMILES string of the molecule is COCC1OCC(C)[C@@H](O)[C@H]1N=[N+]=[N-]. The highest BCUT2D eigenvalue weighted by molar-refractivity contribution is 4.90. The van der Waals surface area contributed by atoms with Crippen LogP contribution in [0.4, 0.5) is 0 Å². The van der Waals surface area contributed by atoms with Crippen molar-refractivity contribution in [2.75, 3.05) is 20.3 Å². The molecule has 0 radical (unpaired) electrons. The van der Waals surface area contributed by atoms with Crippen LogP contribution in [0, 0.1) is 5.92 Å². The van der Waals surface area contributed by atoms with E-state index in [2.05, 4.69) is 10.0 Å². The van der Waals surface area contributed by atoms with Crippen LogP contribution < -0.4 is 0 Å². The summed E-state index contributed by atoms with van der Waals surface area (Å²) in [5.74, 6) is -0.0152. The third kappa shape index (κ3) is 2.36. The van der Waals surface area contributed by atoms with Gasteiger partial charge in [0, 0.05) is 17.9 Å². The molecular formula is C8H15N3O3. The van der Waals surface area contributed by atoms with Crippen molar-refractivity contribution in [1.82, 2.24) is 0 Å². The summed E-state index contributed by atoms with van der Waals surface area (Å²) in [6.07, 6.45) is -0.998. The lowest BCUT2D eigenvalue weighted by Crippen LogP contribution is -2.49. The third-order valence-corrected chi connectivity index (χ3v) is 2.40.